The summed E-state index contributed by atoms with van der Waals surface area (Å²) in [5.41, 5.74) is 5.46. The van der Waals surface area contributed by atoms with Gasteiger partial charge < -0.3 is 5.32 Å². The zero-order valence-electron chi connectivity index (χ0n) is 9.63. The quantitative estimate of drug-likeness (QED) is 0.327. The summed E-state index contributed by atoms with van der Waals surface area (Å²) in [6.07, 6.45) is 5.80. The third kappa shape index (κ3) is 4.00. The molecule has 0 saturated heterocycles. The topological polar surface area (TPSA) is 36.4 Å². The number of allylic oxidation sites excluding steroid dienone is 2. The Labute approximate surface area is 97.0 Å². The Balaban J connectivity index is 2.46. The van der Waals surface area contributed by atoms with Gasteiger partial charge in [-0.3, -0.25) is 5.43 Å². The minimum absolute atomic E-state index is 0.567. The SMILES string of the molecule is CNC(=S)N/N=C(\C)[C@H]1CC=C(C)CC1. The minimum atomic E-state index is 0.567. The summed E-state index contributed by atoms with van der Waals surface area (Å²) >= 11 is 4.95. The molecule has 0 unspecified atom stereocenters. The molecule has 0 aromatic rings. The summed E-state index contributed by atoms with van der Waals surface area (Å²) in [6.45, 7) is 4.25. The summed E-state index contributed by atoms with van der Waals surface area (Å²) in [5, 5.41) is 7.68. The molecule has 2 N–H and O–H groups in total. The van der Waals surface area contributed by atoms with Gasteiger partial charge in [-0.05, 0) is 45.3 Å². The van der Waals surface area contributed by atoms with Crippen LogP contribution in [0.2, 0.25) is 0 Å². The molecule has 0 heterocycles. The largest absolute Gasteiger partial charge is 0.364 e. The standard InChI is InChI=1S/C11H19N3S/c1-8-4-6-10(7-5-8)9(2)13-14-11(15)12-3/h4,10H,5-7H2,1-3H3,(H2,12,14,15)/b13-9+/t10-/m0/s1. The van der Waals surface area contributed by atoms with Crippen LogP contribution in [0.5, 0.6) is 0 Å². The maximum Gasteiger partial charge on any atom is 0.186 e. The lowest BCUT2D eigenvalue weighted by Gasteiger charge is -2.20. The predicted molar refractivity (Wildman–Crippen MR) is 69.0 cm³/mol. The second-order valence-corrected chi connectivity index (χ2v) is 4.37. The van der Waals surface area contributed by atoms with Crippen molar-refractivity contribution in [2.24, 2.45) is 11.0 Å². The summed E-state index contributed by atoms with van der Waals surface area (Å²) in [6, 6.07) is 0. The Morgan fingerprint density at radius 2 is 2.33 bits per heavy atom. The van der Waals surface area contributed by atoms with Crippen molar-refractivity contribution >= 4 is 23.0 Å². The van der Waals surface area contributed by atoms with Crippen LogP contribution < -0.4 is 10.7 Å². The molecular formula is C11H19N3S. The van der Waals surface area contributed by atoms with E-state index in [9.17, 15) is 0 Å². The zero-order valence-corrected chi connectivity index (χ0v) is 10.4. The van der Waals surface area contributed by atoms with Gasteiger partial charge in [-0.15, -0.1) is 0 Å². The first-order valence-corrected chi connectivity index (χ1v) is 5.72. The van der Waals surface area contributed by atoms with E-state index >= 15 is 0 Å². The van der Waals surface area contributed by atoms with Crippen molar-refractivity contribution in [1.82, 2.24) is 10.7 Å². The first-order valence-electron chi connectivity index (χ1n) is 5.31. The van der Waals surface area contributed by atoms with E-state index in [1.54, 1.807) is 7.05 Å². The van der Waals surface area contributed by atoms with Gasteiger partial charge in [0.05, 0.1) is 0 Å². The van der Waals surface area contributed by atoms with Crippen molar-refractivity contribution in [3.63, 3.8) is 0 Å². The lowest BCUT2D eigenvalue weighted by Crippen LogP contribution is -2.30. The summed E-state index contributed by atoms with van der Waals surface area (Å²) in [7, 11) is 1.78. The first-order chi connectivity index (χ1) is 7.13. The Kier molecular flexibility index (Phi) is 4.75. The fourth-order valence-electron chi connectivity index (χ4n) is 1.63. The lowest BCUT2D eigenvalue weighted by molar-refractivity contribution is 0.593. The van der Waals surface area contributed by atoms with Crippen LogP contribution in [-0.2, 0) is 0 Å². The van der Waals surface area contributed by atoms with E-state index in [2.05, 4.69) is 35.8 Å². The second-order valence-electron chi connectivity index (χ2n) is 3.97. The lowest BCUT2D eigenvalue weighted by atomic mass is 9.87. The second kappa shape index (κ2) is 5.85. The highest BCUT2D eigenvalue weighted by Crippen LogP contribution is 2.23. The highest BCUT2D eigenvalue weighted by Gasteiger charge is 2.15. The van der Waals surface area contributed by atoms with Crippen LogP contribution in [0.3, 0.4) is 0 Å². The molecule has 4 heteroatoms. The number of hydrazone groups is 1. The van der Waals surface area contributed by atoms with E-state index in [1.807, 2.05) is 0 Å². The van der Waals surface area contributed by atoms with E-state index in [0.717, 1.165) is 12.1 Å². The molecule has 0 amide bonds. The van der Waals surface area contributed by atoms with Crippen LogP contribution in [-0.4, -0.2) is 17.9 Å². The van der Waals surface area contributed by atoms with Gasteiger partial charge in [0.1, 0.15) is 0 Å². The van der Waals surface area contributed by atoms with E-state index in [-0.39, 0.29) is 0 Å². The average molecular weight is 225 g/mol. The first kappa shape index (κ1) is 12.2. The molecule has 0 fully saturated rings. The number of thiocarbonyl (C=S) groups is 1. The molecule has 0 saturated carbocycles. The third-order valence-corrected chi connectivity index (χ3v) is 3.09. The fraction of sp³-hybridized carbons (Fsp3) is 0.636. The van der Waals surface area contributed by atoms with Gasteiger partial charge in [0, 0.05) is 18.7 Å². The normalized spacial score (nSPS) is 21.9. The molecule has 1 atom stereocenters. The number of nitrogens with zero attached hydrogens (tertiary/aromatic N) is 1. The molecular weight excluding hydrogens is 206 g/mol. The van der Waals surface area contributed by atoms with Crippen molar-refractivity contribution in [1.29, 1.82) is 0 Å². The molecule has 3 nitrogen and oxygen atoms in total. The molecule has 15 heavy (non-hydrogen) atoms. The molecule has 0 aromatic heterocycles. The van der Waals surface area contributed by atoms with Crippen molar-refractivity contribution in [3.8, 4) is 0 Å². The highest BCUT2D eigenvalue weighted by atomic mass is 32.1. The van der Waals surface area contributed by atoms with Crippen molar-refractivity contribution in [3.05, 3.63) is 11.6 Å². The van der Waals surface area contributed by atoms with Gasteiger partial charge in [-0.25, -0.2) is 0 Å². The predicted octanol–water partition coefficient (Wildman–Crippen LogP) is 2.20. The number of nitrogens with one attached hydrogen (secondary N) is 2. The summed E-state index contributed by atoms with van der Waals surface area (Å²) in [4.78, 5) is 0. The average Bonchev–Trinajstić information content (AvgIpc) is 2.26. The molecule has 0 bridgehead atoms. The fourth-order valence-corrected chi connectivity index (χ4v) is 1.68. The van der Waals surface area contributed by atoms with Crippen LogP contribution in [0.25, 0.3) is 0 Å². The van der Waals surface area contributed by atoms with Gasteiger partial charge in [0.2, 0.25) is 0 Å². The van der Waals surface area contributed by atoms with E-state index in [4.69, 9.17) is 12.2 Å². The molecule has 84 valence electrons. The molecule has 0 radical (unpaired) electrons. The van der Waals surface area contributed by atoms with Crippen LogP contribution in [0.15, 0.2) is 16.8 Å². The molecule has 1 aliphatic carbocycles. The van der Waals surface area contributed by atoms with E-state index in [0.29, 0.717) is 11.0 Å². The van der Waals surface area contributed by atoms with E-state index < -0.39 is 0 Å². The number of hydrogen-bond acceptors (Lipinski definition) is 2. The van der Waals surface area contributed by atoms with Crippen LogP contribution >= 0.6 is 12.2 Å². The highest BCUT2D eigenvalue weighted by molar-refractivity contribution is 7.80. The van der Waals surface area contributed by atoms with Crippen LogP contribution in [0.4, 0.5) is 0 Å². The van der Waals surface area contributed by atoms with Gasteiger partial charge >= 0.3 is 0 Å². The molecule has 0 aliphatic heterocycles. The van der Waals surface area contributed by atoms with Crippen LogP contribution in [0.1, 0.15) is 33.1 Å². The molecule has 1 aliphatic rings. The number of rotatable bonds is 2. The smallest absolute Gasteiger partial charge is 0.186 e. The van der Waals surface area contributed by atoms with Crippen LogP contribution in [0, 0.1) is 5.92 Å². The van der Waals surface area contributed by atoms with Crippen molar-refractivity contribution in [2.75, 3.05) is 7.05 Å². The molecule has 0 aromatic carbocycles. The minimum Gasteiger partial charge on any atom is -0.364 e. The Bertz CT molecular complexity index is 294. The monoisotopic (exact) mass is 225 g/mol. The molecule has 0 spiro atoms. The van der Waals surface area contributed by atoms with E-state index in [1.165, 1.54) is 18.4 Å². The van der Waals surface area contributed by atoms with Gasteiger partial charge in [0.15, 0.2) is 5.11 Å². The van der Waals surface area contributed by atoms with Gasteiger partial charge in [0.25, 0.3) is 0 Å². The Morgan fingerprint density at radius 3 is 2.87 bits per heavy atom. The van der Waals surface area contributed by atoms with Crippen molar-refractivity contribution in [2.45, 2.75) is 33.1 Å². The zero-order chi connectivity index (χ0) is 11.3. The molecule has 1 rings (SSSR count). The maximum absolute atomic E-state index is 4.95. The Morgan fingerprint density at radius 1 is 1.60 bits per heavy atom. The summed E-state index contributed by atoms with van der Waals surface area (Å²) in [5.74, 6) is 0.570. The number of hydrogen-bond donors (Lipinski definition) is 2. The maximum atomic E-state index is 4.95. The summed E-state index contributed by atoms with van der Waals surface area (Å²) < 4.78 is 0. The Hall–Kier alpha value is -0.900. The third-order valence-electron chi connectivity index (χ3n) is 2.79. The van der Waals surface area contributed by atoms with Gasteiger partial charge in [-0.2, -0.15) is 5.10 Å². The van der Waals surface area contributed by atoms with Gasteiger partial charge in [-0.1, -0.05) is 11.6 Å². The van der Waals surface area contributed by atoms with Crippen molar-refractivity contribution < 1.29 is 0 Å².